The third-order valence-corrected chi connectivity index (χ3v) is 6.67. The molecule has 0 aromatic heterocycles. The van der Waals surface area contributed by atoms with Crippen LogP contribution in [-0.4, -0.2) is 49.2 Å². The molecule has 0 rings (SSSR count). The minimum absolute atomic E-state index is 0. The summed E-state index contributed by atoms with van der Waals surface area (Å²) in [6.07, 6.45) is 17.6. The molecule has 1 unspecified atom stereocenters. The first-order valence-electron chi connectivity index (χ1n) is 12.7. The standard InChI is InChI=1S/C24H45NO8S.2Na/c1-2-3-4-5-6-7-8-9-10-11-12-13-14-15-16-17-22(26)25-18-19-33-24(29)21(20-23(27)28)34(30,31)32;;/h21H,2-20H2,1H3,(H,25,26)(H,27,28)(H,30,31,32);;/q;2*+1/p-2. The quantitative estimate of drug-likeness (QED) is 0.0351. The number of rotatable bonds is 23. The third kappa shape index (κ3) is 25.9. The molecule has 0 aliphatic heterocycles. The Morgan fingerprint density at radius 3 is 1.61 bits per heavy atom. The summed E-state index contributed by atoms with van der Waals surface area (Å²) in [5.41, 5.74) is 0. The number of esters is 1. The zero-order valence-corrected chi connectivity index (χ0v) is 27.5. The molecule has 0 aliphatic carbocycles. The van der Waals surface area contributed by atoms with Gasteiger partial charge in [-0.2, -0.15) is 8.42 Å². The van der Waals surface area contributed by atoms with E-state index in [9.17, 15) is 28.2 Å². The maximum absolute atomic E-state index is 11.7. The molecule has 36 heavy (non-hydrogen) atoms. The van der Waals surface area contributed by atoms with Gasteiger partial charge in [-0.1, -0.05) is 96.8 Å². The molecule has 1 N–H and O–H groups in total. The van der Waals surface area contributed by atoms with E-state index in [1.54, 1.807) is 0 Å². The Kier molecular flexibility index (Phi) is 30.5. The second kappa shape index (κ2) is 26.9. The van der Waals surface area contributed by atoms with E-state index in [2.05, 4.69) is 16.7 Å². The van der Waals surface area contributed by atoms with Gasteiger partial charge in [0.25, 0.3) is 10.1 Å². The first-order valence-corrected chi connectivity index (χ1v) is 14.2. The summed E-state index contributed by atoms with van der Waals surface area (Å²) in [5.74, 6) is -3.56. The molecule has 12 heteroatoms. The van der Waals surface area contributed by atoms with E-state index in [-0.39, 0.29) is 78.2 Å². The number of hydrogen-bond acceptors (Lipinski definition) is 8. The average Bonchev–Trinajstić information content (AvgIpc) is 2.76. The number of ether oxygens (including phenoxy) is 1. The van der Waals surface area contributed by atoms with Crippen LogP contribution in [0.5, 0.6) is 0 Å². The van der Waals surface area contributed by atoms with Gasteiger partial charge >= 0.3 is 65.1 Å². The number of carbonyl (C=O) groups is 2. The molecular weight excluding hydrogens is 508 g/mol. The van der Waals surface area contributed by atoms with Crippen molar-refractivity contribution in [2.45, 2.75) is 121 Å². The smallest absolute Gasteiger partial charge is 0.862 e. The van der Waals surface area contributed by atoms with E-state index < -0.39 is 33.7 Å². The summed E-state index contributed by atoms with van der Waals surface area (Å²) in [7, 11) is -4.94. The van der Waals surface area contributed by atoms with E-state index in [4.69, 9.17) is 4.55 Å². The summed E-state index contributed by atoms with van der Waals surface area (Å²) < 4.78 is 35.6. The summed E-state index contributed by atoms with van der Waals surface area (Å²) in [6.45, 7) is 1.69. The number of hydrogen-bond donors (Lipinski definition) is 1. The van der Waals surface area contributed by atoms with Crippen LogP contribution in [0, 0.1) is 0 Å². The fourth-order valence-corrected chi connectivity index (χ4v) is 4.26. The van der Waals surface area contributed by atoms with Crippen LogP contribution >= 0.6 is 0 Å². The number of aliphatic carboxylic acids is 1. The Balaban J connectivity index is -0.00000544. The molecule has 0 bridgehead atoms. The zero-order valence-electron chi connectivity index (χ0n) is 22.7. The van der Waals surface area contributed by atoms with Gasteiger partial charge in [0.15, 0.2) is 5.25 Å². The minimum Gasteiger partial charge on any atom is -0.862 e. The summed E-state index contributed by atoms with van der Waals surface area (Å²) in [6, 6.07) is 0. The van der Waals surface area contributed by atoms with Gasteiger partial charge in [0, 0.05) is 12.4 Å². The van der Waals surface area contributed by atoms with Gasteiger partial charge < -0.3 is 24.7 Å². The molecule has 0 saturated carbocycles. The van der Waals surface area contributed by atoms with E-state index in [0.29, 0.717) is 6.42 Å². The van der Waals surface area contributed by atoms with Gasteiger partial charge in [0.2, 0.25) is 0 Å². The maximum Gasteiger partial charge on any atom is 1.00 e. The van der Waals surface area contributed by atoms with Crippen molar-refractivity contribution in [3.8, 4) is 0 Å². The Labute approximate surface area is 262 Å². The molecule has 9 nitrogen and oxygen atoms in total. The Bertz CT molecular complexity index is 690. The van der Waals surface area contributed by atoms with Crippen molar-refractivity contribution < 1.29 is 96.6 Å². The molecule has 0 radical (unpaired) electrons. The molecule has 0 heterocycles. The Hall–Kier alpha value is 0.320. The topological polar surface area (TPSA) is 156 Å². The molecular formula is C24H43NNa2O8S. The first kappa shape index (κ1) is 40.8. The molecule has 0 aromatic carbocycles. The van der Waals surface area contributed by atoms with Crippen molar-refractivity contribution in [3.05, 3.63) is 0 Å². The van der Waals surface area contributed by atoms with Crippen molar-refractivity contribution >= 4 is 28.0 Å². The van der Waals surface area contributed by atoms with Crippen LogP contribution in [0.4, 0.5) is 0 Å². The largest absolute Gasteiger partial charge is 1.00 e. The predicted octanol–water partition coefficient (Wildman–Crippen LogP) is -3.05. The van der Waals surface area contributed by atoms with Crippen LogP contribution < -0.4 is 69.3 Å². The number of aliphatic imine (C=N–C) groups is 1. The van der Waals surface area contributed by atoms with Gasteiger partial charge in [-0.15, -0.1) is 0 Å². The first-order chi connectivity index (χ1) is 16.2. The number of unbranched alkanes of at least 4 members (excludes halogenated alkanes) is 14. The molecule has 0 aromatic rings. The molecule has 0 saturated heterocycles. The third-order valence-electron chi connectivity index (χ3n) is 5.59. The van der Waals surface area contributed by atoms with Gasteiger partial charge in [-0.05, 0) is 18.7 Å². The van der Waals surface area contributed by atoms with Crippen LogP contribution in [-0.2, 0) is 24.4 Å². The van der Waals surface area contributed by atoms with Crippen molar-refractivity contribution in [2.75, 3.05) is 13.2 Å². The monoisotopic (exact) mass is 551 g/mol. The van der Waals surface area contributed by atoms with Crippen molar-refractivity contribution in [1.29, 1.82) is 0 Å². The molecule has 0 fully saturated rings. The fourth-order valence-electron chi connectivity index (χ4n) is 3.60. The molecule has 200 valence electrons. The molecule has 0 amide bonds. The van der Waals surface area contributed by atoms with Gasteiger partial charge in [0.1, 0.15) is 6.61 Å². The SMILES string of the molecule is CCCCCCCCCCCCCCCCCC([O-])=NCCOC(=O)C(CC(=O)[O-])S(=O)(=O)O.[Na+].[Na+]. The van der Waals surface area contributed by atoms with Crippen LogP contribution in [0.3, 0.4) is 0 Å². The van der Waals surface area contributed by atoms with Crippen molar-refractivity contribution in [1.82, 2.24) is 0 Å². The second-order valence-corrected chi connectivity index (χ2v) is 10.3. The van der Waals surface area contributed by atoms with Crippen molar-refractivity contribution in [3.63, 3.8) is 0 Å². The molecule has 1 atom stereocenters. The van der Waals surface area contributed by atoms with E-state index in [0.717, 1.165) is 19.3 Å². The van der Waals surface area contributed by atoms with Crippen molar-refractivity contribution in [2.24, 2.45) is 4.99 Å². The van der Waals surface area contributed by atoms with E-state index in [1.165, 1.54) is 77.0 Å². The van der Waals surface area contributed by atoms with E-state index >= 15 is 0 Å². The molecule has 0 spiro atoms. The summed E-state index contributed by atoms with van der Waals surface area (Å²) in [4.78, 5) is 25.8. The summed E-state index contributed by atoms with van der Waals surface area (Å²) >= 11 is 0. The molecule has 0 aliphatic rings. The van der Waals surface area contributed by atoms with Gasteiger partial charge in [0.05, 0.1) is 6.54 Å². The number of carbonyl (C=O) groups excluding carboxylic acids is 2. The minimum atomic E-state index is -4.94. The van der Waals surface area contributed by atoms with Crippen LogP contribution in [0.25, 0.3) is 0 Å². The van der Waals surface area contributed by atoms with Gasteiger partial charge in [-0.25, -0.2) is 0 Å². The van der Waals surface area contributed by atoms with Crippen LogP contribution in [0.15, 0.2) is 4.99 Å². The summed E-state index contributed by atoms with van der Waals surface area (Å²) in [5, 5.41) is 20.0. The fraction of sp³-hybridized carbons (Fsp3) is 0.875. The number of nitrogens with zero attached hydrogens (tertiary/aromatic N) is 1. The maximum atomic E-state index is 11.7. The van der Waals surface area contributed by atoms with Crippen LogP contribution in [0.2, 0.25) is 0 Å². The number of carboxylic acids is 1. The van der Waals surface area contributed by atoms with Crippen LogP contribution in [0.1, 0.15) is 116 Å². The Morgan fingerprint density at radius 2 is 1.22 bits per heavy atom. The predicted molar refractivity (Wildman–Crippen MR) is 128 cm³/mol. The average molecular weight is 552 g/mol. The zero-order chi connectivity index (χ0) is 25.7. The Morgan fingerprint density at radius 1 is 0.806 bits per heavy atom. The second-order valence-electron chi connectivity index (χ2n) is 8.72. The number of carboxylic acid groups (broad SMARTS) is 1. The van der Waals surface area contributed by atoms with E-state index in [1.807, 2.05) is 0 Å². The normalized spacial score (nSPS) is 12.3. The van der Waals surface area contributed by atoms with Gasteiger partial charge in [-0.3, -0.25) is 9.35 Å².